The Balaban J connectivity index is 2.57. The molecule has 0 aliphatic carbocycles. The molecule has 0 spiro atoms. The lowest BCUT2D eigenvalue weighted by atomic mass is 9.78. The van der Waals surface area contributed by atoms with Crippen LogP contribution in [0.1, 0.15) is 32.3 Å². The van der Waals surface area contributed by atoms with E-state index < -0.39 is 23.7 Å². The van der Waals surface area contributed by atoms with Gasteiger partial charge in [-0.15, -0.1) is 0 Å². The van der Waals surface area contributed by atoms with Crippen molar-refractivity contribution in [3.05, 3.63) is 38.3 Å². The van der Waals surface area contributed by atoms with E-state index in [9.17, 15) is 19.6 Å². The van der Waals surface area contributed by atoms with Crippen molar-refractivity contribution in [2.75, 3.05) is 32.6 Å². The third kappa shape index (κ3) is 5.94. The largest absolute Gasteiger partial charge is 0.491 e. The molecule has 33 heavy (non-hydrogen) atoms. The molecule has 0 fully saturated rings. The number of allylic oxidation sites excluding steroid dienone is 1. The second-order valence-electron chi connectivity index (χ2n) is 6.92. The van der Waals surface area contributed by atoms with Crippen LogP contribution in [0.3, 0.4) is 0 Å². The third-order valence-corrected chi connectivity index (χ3v) is 6.67. The number of halogens is 2. The number of methoxy groups -OCH3 is 1. The van der Waals surface area contributed by atoms with Gasteiger partial charge in [-0.25, -0.2) is 0 Å². The van der Waals surface area contributed by atoms with Crippen LogP contribution in [0.25, 0.3) is 0 Å². The average Bonchev–Trinajstić information content (AvgIpc) is 2.79. The molecule has 2 amide bonds. The zero-order valence-corrected chi connectivity index (χ0v) is 21.1. The number of hydrogen-bond acceptors (Lipinski definition) is 7. The number of hydrogen-bond donors (Lipinski definition) is 1. The van der Waals surface area contributed by atoms with Crippen molar-refractivity contribution in [3.8, 4) is 11.8 Å². The number of carbonyl (C=O) groups excluding carboxylic acids is 3. The number of thioether (sulfide) groups is 1. The highest BCUT2D eigenvalue weighted by atomic mass is 35.5. The van der Waals surface area contributed by atoms with Crippen LogP contribution in [0.15, 0.2) is 22.7 Å². The van der Waals surface area contributed by atoms with E-state index in [1.807, 2.05) is 13.8 Å². The Morgan fingerprint density at radius 1 is 1.21 bits per heavy atom. The molecule has 2 rings (SSSR count). The van der Waals surface area contributed by atoms with Crippen molar-refractivity contribution in [1.29, 1.82) is 5.26 Å². The van der Waals surface area contributed by atoms with E-state index in [-0.39, 0.29) is 38.1 Å². The van der Waals surface area contributed by atoms with E-state index in [0.717, 1.165) is 18.9 Å². The summed E-state index contributed by atoms with van der Waals surface area (Å²) in [6, 6.07) is 5.11. The Bertz CT molecular complexity index is 981. The number of nitrogens with one attached hydrogen (secondary N) is 1. The van der Waals surface area contributed by atoms with Gasteiger partial charge in [-0.05, 0) is 38.5 Å². The second kappa shape index (κ2) is 12.2. The monoisotopic (exact) mass is 513 g/mol. The summed E-state index contributed by atoms with van der Waals surface area (Å²) in [5, 5.41) is 13.1. The summed E-state index contributed by atoms with van der Waals surface area (Å²) in [5.41, 5.74) is 0.488. The summed E-state index contributed by atoms with van der Waals surface area (Å²) < 4.78 is 10.3. The van der Waals surface area contributed by atoms with Crippen LogP contribution in [0.5, 0.6) is 5.75 Å². The molecule has 0 saturated carbocycles. The molecule has 0 saturated heterocycles. The molecule has 1 aliphatic rings. The van der Waals surface area contributed by atoms with Gasteiger partial charge in [0.1, 0.15) is 5.92 Å². The zero-order chi connectivity index (χ0) is 24.7. The molecule has 1 aromatic rings. The van der Waals surface area contributed by atoms with Gasteiger partial charge in [-0.2, -0.15) is 5.26 Å². The summed E-state index contributed by atoms with van der Waals surface area (Å²) >= 11 is 13.7. The molecule has 1 heterocycles. The summed E-state index contributed by atoms with van der Waals surface area (Å²) in [7, 11) is 1.16. The molecule has 11 heteroatoms. The number of ether oxygens (including phenoxy) is 2. The maximum absolute atomic E-state index is 12.9. The van der Waals surface area contributed by atoms with Gasteiger partial charge in [0.15, 0.2) is 5.75 Å². The van der Waals surface area contributed by atoms with E-state index in [1.165, 1.54) is 12.1 Å². The first kappa shape index (κ1) is 26.8. The average molecular weight is 514 g/mol. The third-order valence-electron chi connectivity index (χ3n) is 5.11. The molecule has 0 aromatic heterocycles. The van der Waals surface area contributed by atoms with E-state index >= 15 is 0 Å². The van der Waals surface area contributed by atoms with Crippen LogP contribution in [-0.4, -0.2) is 55.2 Å². The molecule has 2 atom stereocenters. The molecule has 178 valence electrons. The Labute approximate surface area is 207 Å². The van der Waals surface area contributed by atoms with Crippen molar-refractivity contribution in [2.24, 2.45) is 5.92 Å². The van der Waals surface area contributed by atoms with Gasteiger partial charge in [0.2, 0.25) is 11.8 Å². The second-order valence-corrected chi connectivity index (χ2v) is 8.72. The molecule has 0 radical (unpaired) electrons. The van der Waals surface area contributed by atoms with Crippen molar-refractivity contribution in [3.63, 3.8) is 0 Å². The van der Waals surface area contributed by atoms with Gasteiger partial charge in [-0.3, -0.25) is 14.4 Å². The number of amides is 2. The first-order chi connectivity index (χ1) is 15.7. The molecular formula is C22H25Cl2N3O5S. The fraction of sp³-hybridized carbons (Fsp3) is 0.455. The summed E-state index contributed by atoms with van der Waals surface area (Å²) in [6.45, 7) is 6.93. The lowest BCUT2D eigenvalue weighted by Crippen LogP contribution is -2.44. The van der Waals surface area contributed by atoms with Gasteiger partial charge in [0.25, 0.3) is 0 Å². The van der Waals surface area contributed by atoms with Crippen LogP contribution in [0.2, 0.25) is 10.0 Å². The Hall–Kier alpha value is -2.41. The first-order valence-electron chi connectivity index (χ1n) is 10.3. The van der Waals surface area contributed by atoms with Gasteiger partial charge in [0.05, 0.1) is 46.2 Å². The SMILES string of the molecule is CCOc1c(Cl)cc([C@@H]2C(C#N)=C(SCC(=O)N(CC)CC)NC(=O)[C@H]2C(=O)OC)cc1Cl. The lowest BCUT2D eigenvalue weighted by Gasteiger charge is -2.31. The smallest absolute Gasteiger partial charge is 0.319 e. The highest BCUT2D eigenvalue weighted by Gasteiger charge is 2.44. The Morgan fingerprint density at radius 2 is 1.82 bits per heavy atom. The van der Waals surface area contributed by atoms with Crippen molar-refractivity contribution in [1.82, 2.24) is 10.2 Å². The van der Waals surface area contributed by atoms with Gasteiger partial charge in [0, 0.05) is 19.0 Å². The standard InChI is InChI=1S/C22H25Cl2N3O5S/c1-5-27(6-2)16(28)11-33-21-13(10-25)17(18(20(29)26-21)22(30)31-4)12-8-14(23)19(32-7-3)15(24)9-12/h8-9,17-18H,5-7,11H2,1-4H3,(H,26,29)/t17-,18+/m1/s1. The number of rotatable bonds is 9. The summed E-state index contributed by atoms with van der Waals surface area (Å²) in [5.74, 6) is -3.66. The summed E-state index contributed by atoms with van der Waals surface area (Å²) in [6.07, 6.45) is 0. The quantitative estimate of drug-likeness (QED) is 0.395. The molecular weight excluding hydrogens is 489 g/mol. The minimum atomic E-state index is -1.34. The van der Waals surface area contributed by atoms with Crippen LogP contribution in [0.4, 0.5) is 0 Å². The normalized spacial score (nSPS) is 17.8. The van der Waals surface area contributed by atoms with E-state index in [4.69, 9.17) is 32.7 Å². The Morgan fingerprint density at radius 3 is 2.30 bits per heavy atom. The van der Waals surface area contributed by atoms with E-state index in [2.05, 4.69) is 11.4 Å². The fourth-order valence-corrected chi connectivity index (χ4v) is 5.09. The molecule has 0 unspecified atom stereocenters. The summed E-state index contributed by atoms with van der Waals surface area (Å²) in [4.78, 5) is 39.5. The van der Waals surface area contributed by atoms with Gasteiger partial charge in [-0.1, -0.05) is 35.0 Å². The minimum Gasteiger partial charge on any atom is -0.491 e. The zero-order valence-electron chi connectivity index (χ0n) is 18.7. The molecule has 1 aromatic carbocycles. The number of benzene rings is 1. The Kier molecular flexibility index (Phi) is 9.89. The van der Waals surface area contributed by atoms with Gasteiger partial charge < -0.3 is 19.7 Å². The fourth-order valence-electron chi connectivity index (χ4n) is 3.52. The van der Waals surface area contributed by atoms with E-state index in [1.54, 1.807) is 11.8 Å². The maximum Gasteiger partial charge on any atom is 0.319 e. The predicted octanol–water partition coefficient (Wildman–Crippen LogP) is 3.73. The molecule has 1 aliphatic heterocycles. The number of carbonyl (C=O) groups is 3. The number of nitriles is 1. The topological polar surface area (TPSA) is 109 Å². The van der Waals surface area contributed by atoms with Crippen LogP contribution >= 0.6 is 35.0 Å². The minimum absolute atomic E-state index is 0.0167. The predicted molar refractivity (Wildman–Crippen MR) is 127 cm³/mol. The number of esters is 1. The lowest BCUT2D eigenvalue weighted by molar-refractivity contribution is -0.150. The van der Waals surface area contributed by atoms with E-state index in [0.29, 0.717) is 25.3 Å². The van der Waals surface area contributed by atoms with Crippen molar-refractivity contribution in [2.45, 2.75) is 26.7 Å². The molecule has 8 nitrogen and oxygen atoms in total. The number of nitrogens with zero attached hydrogens (tertiary/aromatic N) is 2. The maximum atomic E-state index is 12.9. The highest BCUT2D eigenvalue weighted by Crippen LogP contribution is 2.44. The van der Waals surface area contributed by atoms with Gasteiger partial charge >= 0.3 is 5.97 Å². The van der Waals surface area contributed by atoms with Crippen LogP contribution in [0, 0.1) is 17.2 Å². The molecule has 0 bridgehead atoms. The van der Waals surface area contributed by atoms with Crippen molar-refractivity contribution >= 4 is 52.7 Å². The molecule has 1 N–H and O–H groups in total. The van der Waals surface area contributed by atoms with Crippen LogP contribution < -0.4 is 10.1 Å². The first-order valence-corrected chi connectivity index (χ1v) is 12.0. The van der Waals surface area contributed by atoms with Crippen LogP contribution in [-0.2, 0) is 19.1 Å². The highest BCUT2D eigenvalue weighted by molar-refractivity contribution is 8.03. The van der Waals surface area contributed by atoms with Crippen molar-refractivity contribution < 1.29 is 23.9 Å².